The van der Waals surface area contributed by atoms with E-state index in [2.05, 4.69) is 9.97 Å². The van der Waals surface area contributed by atoms with E-state index in [4.69, 9.17) is 11.6 Å². The third-order valence-corrected chi connectivity index (χ3v) is 3.46. The minimum atomic E-state index is -0.909. The summed E-state index contributed by atoms with van der Waals surface area (Å²) in [5.41, 5.74) is 2.51. The van der Waals surface area contributed by atoms with Crippen LogP contribution in [0, 0.1) is 18.6 Å². The monoisotopic (exact) mass is 278 g/mol. The predicted octanol–water partition coefficient (Wildman–Crippen LogP) is 4.47. The Bertz CT molecular complexity index is 741. The molecule has 0 spiro atoms. The van der Waals surface area contributed by atoms with E-state index in [1.54, 1.807) is 12.1 Å². The number of fused-ring (bicyclic) bond motifs is 1. The van der Waals surface area contributed by atoms with Crippen molar-refractivity contribution in [3.8, 4) is 11.4 Å². The van der Waals surface area contributed by atoms with E-state index in [1.165, 1.54) is 0 Å². The Labute approximate surface area is 113 Å². The van der Waals surface area contributed by atoms with Gasteiger partial charge in [0.15, 0.2) is 11.6 Å². The largest absolute Gasteiger partial charge is 0.338 e. The quantitative estimate of drug-likeness (QED) is 0.699. The zero-order valence-corrected chi connectivity index (χ0v) is 10.7. The van der Waals surface area contributed by atoms with Crippen LogP contribution >= 0.6 is 11.6 Å². The molecule has 1 aromatic heterocycles. The average Bonchev–Trinajstić information content (AvgIpc) is 2.76. The molecular formula is C14H9ClF2N2. The molecule has 0 aliphatic rings. The van der Waals surface area contributed by atoms with E-state index < -0.39 is 11.6 Å². The van der Waals surface area contributed by atoms with Crippen LogP contribution in [0.3, 0.4) is 0 Å². The highest BCUT2D eigenvalue weighted by Gasteiger charge is 2.12. The Morgan fingerprint density at radius 1 is 1.16 bits per heavy atom. The number of nitrogens with zero attached hydrogens (tertiary/aromatic N) is 1. The van der Waals surface area contributed by atoms with Crippen molar-refractivity contribution in [1.82, 2.24) is 9.97 Å². The number of halogens is 3. The molecule has 1 N–H and O–H groups in total. The van der Waals surface area contributed by atoms with Crippen LogP contribution in [0.2, 0.25) is 5.02 Å². The minimum absolute atomic E-state index is 0.383. The summed E-state index contributed by atoms with van der Waals surface area (Å²) < 4.78 is 26.3. The lowest BCUT2D eigenvalue weighted by atomic mass is 10.1. The number of hydrogen-bond donors (Lipinski definition) is 1. The van der Waals surface area contributed by atoms with Crippen LogP contribution in [0.1, 0.15) is 5.56 Å². The molecule has 0 aliphatic heterocycles. The molecular weight excluding hydrogens is 270 g/mol. The fraction of sp³-hybridized carbons (Fsp3) is 0.0714. The summed E-state index contributed by atoms with van der Waals surface area (Å²) in [5.74, 6) is -1.26. The van der Waals surface area contributed by atoms with Gasteiger partial charge in [0.2, 0.25) is 0 Å². The van der Waals surface area contributed by atoms with Crippen LogP contribution in [0.15, 0.2) is 30.3 Å². The second-order valence-electron chi connectivity index (χ2n) is 4.28. The molecule has 96 valence electrons. The first-order chi connectivity index (χ1) is 9.06. The van der Waals surface area contributed by atoms with E-state index in [0.29, 0.717) is 21.9 Å². The molecule has 0 unspecified atom stereocenters. The number of rotatable bonds is 1. The number of nitrogens with one attached hydrogen (secondary N) is 1. The smallest absolute Gasteiger partial charge is 0.161 e. The SMILES string of the molecule is Cc1c(Cl)cccc1-c1nc2cc(F)c(F)cc2[nH]1. The zero-order chi connectivity index (χ0) is 13.6. The fourth-order valence-corrected chi connectivity index (χ4v) is 2.17. The summed E-state index contributed by atoms with van der Waals surface area (Å²) in [5, 5.41) is 0.621. The first-order valence-electron chi connectivity index (χ1n) is 5.66. The molecule has 0 bridgehead atoms. The first kappa shape index (κ1) is 12.1. The van der Waals surface area contributed by atoms with Gasteiger partial charge < -0.3 is 4.98 Å². The van der Waals surface area contributed by atoms with E-state index in [0.717, 1.165) is 23.3 Å². The Morgan fingerprint density at radius 3 is 2.68 bits per heavy atom. The Hall–Kier alpha value is -1.94. The van der Waals surface area contributed by atoms with Gasteiger partial charge in [-0.15, -0.1) is 0 Å². The number of aromatic amines is 1. The van der Waals surface area contributed by atoms with Crippen molar-refractivity contribution in [1.29, 1.82) is 0 Å². The van der Waals surface area contributed by atoms with Crippen LogP contribution in [0.4, 0.5) is 8.78 Å². The van der Waals surface area contributed by atoms with Gasteiger partial charge in [-0.2, -0.15) is 0 Å². The van der Waals surface area contributed by atoms with Crippen molar-refractivity contribution < 1.29 is 8.78 Å². The second kappa shape index (κ2) is 4.31. The number of benzene rings is 2. The van der Waals surface area contributed by atoms with Gasteiger partial charge in [0.05, 0.1) is 11.0 Å². The first-order valence-corrected chi connectivity index (χ1v) is 6.04. The van der Waals surface area contributed by atoms with Crippen molar-refractivity contribution in [2.45, 2.75) is 6.92 Å². The summed E-state index contributed by atoms with van der Waals surface area (Å²) >= 11 is 6.05. The van der Waals surface area contributed by atoms with Crippen LogP contribution < -0.4 is 0 Å². The summed E-state index contributed by atoms with van der Waals surface area (Å²) in [6, 6.07) is 7.61. The van der Waals surface area contributed by atoms with E-state index in [-0.39, 0.29) is 0 Å². The maximum atomic E-state index is 13.2. The third kappa shape index (κ3) is 1.98. The average molecular weight is 279 g/mol. The van der Waals surface area contributed by atoms with Crippen LogP contribution in [-0.4, -0.2) is 9.97 Å². The van der Waals surface area contributed by atoms with Crippen molar-refractivity contribution in [2.24, 2.45) is 0 Å². The molecule has 1 heterocycles. The van der Waals surface area contributed by atoms with Crippen molar-refractivity contribution in [2.75, 3.05) is 0 Å². The third-order valence-electron chi connectivity index (χ3n) is 3.05. The molecule has 5 heteroatoms. The molecule has 0 radical (unpaired) electrons. The maximum Gasteiger partial charge on any atom is 0.161 e. The number of hydrogen-bond acceptors (Lipinski definition) is 1. The topological polar surface area (TPSA) is 28.7 Å². The van der Waals surface area contributed by atoms with Crippen molar-refractivity contribution in [3.05, 3.63) is 52.6 Å². The molecule has 0 amide bonds. The second-order valence-corrected chi connectivity index (χ2v) is 4.69. The van der Waals surface area contributed by atoms with E-state index in [9.17, 15) is 8.78 Å². The normalized spacial score (nSPS) is 11.2. The van der Waals surface area contributed by atoms with Gasteiger partial charge >= 0.3 is 0 Å². The molecule has 2 nitrogen and oxygen atoms in total. The molecule has 2 aromatic carbocycles. The Balaban J connectivity index is 2.23. The minimum Gasteiger partial charge on any atom is -0.338 e. The lowest BCUT2D eigenvalue weighted by Gasteiger charge is -2.03. The highest BCUT2D eigenvalue weighted by Crippen LogP contribution is 2.28. The van der Waals surface area contributed by atoms with Gasteiger partial charge in [-0.1, -0.05) is 23.7 Å². The molecule has 0 fully saturated rings. The van der Waals surface area contributed by atoms with Gasteiger partial charge in [-0.3, -0.25) is 0 Å². The highest BCUT2D eigenvalue weighted by molar-refractivity contribution is 6.31. The summed E-state index contributed by atoms with van der Waals surface area (Å²) in [7, 11) is 0. The van der Waals surface area contributed by atoms with Gasteiger partial charge in [0.25, 0.3) is 0 Å². The van der Waals surface area contributed by atoms with E-state index in [1.807, 2.05) is 13.0 Å². The molecule has 3 rings (SSSR count). The predicted molar refractivity (Wildman–Crippen MR) is 71.2 cm³/mol. The Kier molecular flexibility index (Phi) is 2.75. The van der Waals surface area contributed by atoms with Gasteiger partial charge in [0.1, 0.15) is 5.82 Å². The highest BCUT2D eigenvalue weighted by atomic mass is 35.5. The lowest BCUT2D eigenvalue weighted by molar-refractivity contribution is 0.510. The molecule has 19 heavy (non-hydrogen) atoms. The molecule has 3 aromatic rings. The number of H-pyrrole nitrogens is 1. The zero-order valence-electron chi connectivity index (χ0n) is 9.97. The van der Waals surface area contributed by atoms with Crippen molar-refractivity contribution in [3.63, 3.8) is 0 Å². The lowest BCUT2D eigenvalue weighted by Crippen LogP contribution is -1.85. The van der Waals surface area contributed by atoms with Gasteiger partial charge in [-0.25, -0.2) is 13.8 Å². The van der Waals surface area contributed by atoms with Gasteiger partial charge in [0, 0.05) is 22.7 Å². The molecule has 0 aliphatic carbocycles. The Morgan fingerprint density at radius 2 is 1.89 bits per heavy atom. The maximum absolute atomic E-state index is 13.2. The summed E-state index contributed by atoms with van der Waals surface area (Å²) in [4.78, 5) is 7.24. The molecule has 0 saturated heterocycles. The summed E-state index contributed by atoms with van der Waals surface area (Å²) in [6.45, 7) is 1.87. The molecule has 0 atom stereocenters. The van der Waals surface area contributed by atoms with Crippen LogP contribution in [0.5, 0.6) is 0 Å². The van der Waals surface area contributed by atoms with E-state index >= 15 is 0 Å². The summed E-state index contributed by atoms with van der Waals surface area (Å²) in [6.07, 6.45) is 0. The number of aromatic nitrogens is 2. The molecule has 0 saturated carbocycles. The van der Waals surface area contributed by atoms with Crippen LogP contribution in [-0.2, 0) is 0 Å². The van der Waals surface area contributed by atoms with Crippen molar-refractivity contribution >= 4 is 22.6 Å². The van der Waals surface area contributed by atoms with Gasteiger partial charge in [-0.05, 0) is 18.6 Å². The number of imidazole rings is 1. The van der Waals surface area contributed by atoms with Crippen LogP contribution in [0.25, 0.3) is 22.4 Å². The fourth-order valence-electron chi connectivity index (χ4n) is 2.00. The standard InChI is InChI=1S/C14H9ClF2N2/c1-7-8(3-2-4-9(7)15)14-18-12-5-10(16)11(17)6-13(12)19-14/h2-6H,1H3,(H,18,19).